The summed E-state index contributed by atoms with van der Waals surface area (Å²) in [4.78, 5) is 0. The summed E-state index contributed by atoms with van der Waals surface area (Å²) in [5.41, 5.74) is 1.09. The first-order chi connectivity index (χ1) is 8.36. The molecule has 0 N–H and O–H groups in total. The van der Waals surface area contributed by atoms with Crippen molar-refractivity contribution in [2.75, 3.05) is 4.31 Å². The molecule has 4 rings (SSSR count). The molecule has 2 nitrogen and oxygen atoms in total. The third kappa shape index (κ3) is 2.04. The minimum Gasteiger partial charge on any atom is -0.284 e. The molecule has 1 saturated heterocycles. The van der Waals surface area contributed by atoms with E-state index in [0.717, 1.165) is 18.5 Å². The second kappa shape index (κ2) is 4.65. The molecule has 0 aromatic heterocycles. The average Bonchev–Trinajstić information content (AvgIpc) is 2.32. The number of fused-ring (bicyclic) bond motifs is 4. The molecule has 1 aromatic rings. The SMILES string of the molecule is O=S1C2C=CC(CCCC2)N1c1ccccc1. The van der Waals surface area contributed by atoms with E-state index >= 15 is 0 Å². The summed E-state index contributed by atoms with van der Waals surface area (Å²) in [6.07, 6.45) is 9.03. The molecule has 2 aliphatic heterocycles. The van der Waals surface area contributed by atoms with Crippen molar-refractivity contribution < 1.29 is 4.21 Å². The first kappa shape index (κ1) is 11.0. The summed E-state index contributed by atoms with van der Waals surface area (Å²) in [5, 5.41) is 0.215. The van der Waals surface area contributed by atoms with Gasteiger partial charge in [-0.3, -0.25) is 4.31 Å². The number of hydrogen-bond donors (Lipinski definition) is 0. The van der Waals surface area contributed by atoms with Crippen LogP contribution in [0, 0.1) is 0 Å². The lowest BCUT2D eigenvalue weighted by molar-refractivity contribution is 0.564. The fourth-order valence-corrected chi connectivity index (χ4v) is 4.31. The molecule has 3 atom stereocenters. The summed E-state index contributed by atoms with van der Waals surface area (Å²) >= 11 is 0. The van der Waals surface area contributed by atoms with Crippen LogP contribution in [-0.4, -0.2) is 15.5 Å². The molecular weight excluding hydrogens is 230 g/mol. The minimum atomic E-state index is -0.899. The van der Waals surface area contributed by atoms with E-state index in [9.17, 15) is 4.21 Å². The maximum absolute atomic E-state index is 12.5. The Bertz CT molecular complexity index is 443. The fraction of sp³-hybridized carbons (Fsp3) is 0.429. The number of benzene rings is 1. The van der Waals surface area contributed by atoms with Crippen molar-refractivity contribution in [3.05, 3.63) is 42.5 Å². The molecule has 0 amide bonds. The first-order valence-electron chi connectivity index (χ1n) is 6.29. The zero-order chi connectivity index (χ0) is 11.7. The van der Waals surface area contributed by atoms with Crippen LogP contribution in [0.2, 0.25) is 0 Å². The van der Waals surface area contributed by atoms with Crippen LogP contribution in [0.5, 0.6) is 0 Å². The quantitative estimate of drug-likeness (QED) is 0.698. The van der Waals surface area contributed by atoms with Crippen molar-refractivity contribution in [2.24, 2.45) is 0 Å². The summed E-state index contributed by atoms with van der Waals surface area (Å²) in [6, 6.07) is 10.5. The van der Waals surface area contributed by atoms with Crippen molar-refractivity contribution in [1.29, 1.82) is 0 Å². The lowest BCUT2D eigenvalue weighted by Gasteiger charge is -2.38. The molecule has 2 heterocycles. The van der Waals surface area contributed by atoms with Gasteiger partial charge in [0, 0.05) is 5.69 Å². The van der Waals surface area contributed by atoms with E-state index in [1.807, 2.05) is 18.2 Å². The number of anilines is 1. The van der Waals surface area contributed by atoms with Crippen molar-refractivity contribution >= 4 is 16.7 Å². The van der Waals surface area contributed by atoms with Gasteiger partial charge in [-0.2, -0.15) is 0 Å². The van der Waals surface area contributed by atoms with Gasteiger partial charge in [0.15, 0.2) is 0 Å². The van der Waals surface area contributed by atoms with Crippen molar-refractivity contribution in [3.8, 4) is 0 Å². The van der Waals surface area contributed by atoms with Crippen molar-refractivity contribution in [1.82, 2.24) is 0 Å². The lowest BCUT2D eigenvalue weighted by atomic mass is 10.0. The van der Waals surface area contributed by atoms with Crippen molar-refractivity contribution in [2.45, 2.75) is 37.0 Å². The molecule has 0 spiro atoms. The monoisotopic (exact) mass is 247 g/mol. The molecule has 0 radical (unpaired) electrons. The van der Waals surface area contributed by atoms with Gasteiger partial charge < -0.3 is 0 Å². The van der Waals surface area contributed by atoms with Gasteiger partial charge in [0.1, 0.15) is 11.0 Å². The molecule has 90 valence electrons. The van der Waals surface area contributed by atoms with Gasteiger partial charge in [0.2, 0.25) is 0 Å². The van der Waals surface area contributed by atoms with E-state index in [-0.39, 0.29) is 5.25 Å². The smallest absolute Gasteiger partial charge is 0.127 e. The van der Waals surface area contributed by atoms with E-state index in [1.54, 1.807) is 0 Å². The second-order valence-electron chi connectivity index (χ2n) is 4.71. The highest BCUT2D eigenvalue weighted by molar-refractivity contribution is 7.87. The van der Waals surface area contributed by atoms with Crippen LogP contribution in [0.4, 0.5) is 5.69 Å². The Morgan fingerprint density at radius 3 is 2.65 bits per heavy atom. The summed E-state index contributed by atoms with van der Waals surface area (Å²) in [6.45, 7) is 0. The Hall–Kier alpha value is -1.09. The molecule has 2 bridgehead atoms. The van der Waals surface area contributed by atoms with Gasteiger partial charge in [-0.25, -0.2) is 4.21 Å². The van der Waals surface area contributed by atoms with E-state index in [2.05, 4.69) is 28.6 Å². The highest BCUT2D eigenvalue weighted by atomic mass is 32.2. The fourth-order valence-electron chi connectivity index (χ4n) is 2.66. The van der Waals surface area contributed by atoms with Gasteiger partial charge in [0.05, 0.1) is 11.3 Å². The molecular formula is C14H17NOS. The van der Waals surface area contributed by atoms with Crippen LogP contribution in [0.1, 0.15) is 25.7 Å². The summed E-state index contributed by atoms with van der Waals surface area (Å²) in [5.74, 6) is 0. The van der Waals surface area contributed by atoms with Gasteiger partial charge in [-0.1, -0.05) is 43.2 Å². The van der Waals surface area contributed by atoms with Crippen LogP contribution in [0.25, 0.3) is 0 Å². The number of rotatable bonds is 1. The van der Waals surface area contributed by atoms with Crippen LogP contribution in [0.3, 0.4) is 0 Å². The Kier molecular flexibility index (Phi) is 3.02. The van der Waals surface area contributed by atoms with E-state index in [1.165, 1.54) is 12.8 Å². The van der Waals surface area contributed by atoms with E-state index < -0.39 is 11.0 Å². The van der Waals surface area contributed by atoms with Crippen molar-refractivity contribution in [3.63, 3.8) is 0 Å². The Morgan fingerprint density at radius 1 is 1.06 bits per heavy atom. The molecule has 1 fully saturated rings. The van der Waals surface area contributed by atoms with Gasteiger partial charge in [0.25, 0.3) is 0 Å². The topological polar surface area (TPSA) is 20.3 Å². The molecule has 3 heteroatoms. The summed E-state index contributed by atoms with van der Waals surface area (Å²) in [7, 11) is -0.899. The maximum Gasteiger partial charge on any atom is 0.127 e. The summed E-state index contributed by atoms with van der Waals surface area (Å²) < 4.78 is 14.6. The molecule has 1 aliphatic carbocycles. The molecule has 3 unspecified atom stereocenters. The minimum absolute atomic E-state index is 0.215. The third-order valence-electron chi connectivity index (χ3n) is 3.55. The standard InChI is InChI=1S/C14H17NOS/c16-17-14-9-5-4-8-13(10-11-14)15(17)12-6-2-1-3-7-12/h1-3,6-7,10-11,13-14H,4-5,8-9H2. The van der Waals surface area contributed by atoms with E-state index in [0.29, 0.717) is 6.04 Å². The van der Waals surface area contributed by atoms with Gasteiger partial charge in [-0.05, 0) is 25.0 Å². The Labute approximate surface area is 105 Å². The lowest BCUT2D eigenvalue weighted by Crippen LogP contribution is -2.44. The van der Waals surface area contributed by atoms with E-state index in [4.69, 9.17) is 0 Å². The zero-order valence-electron chi connectivity index (χ0n) is 9.79. The molecule has 17 heavy (non-hydrogen) atoms. The largest absolute Gasteiger partial charge is 0.284 e. The molecule has 3 aliphatic rings. The Balaban J connectivity index is 1.99. The first-order valence-corrected chi connectivity index (χ1v) is 7.46. The van der Waals surface area contributed by atoms with Crippen LogP contribution < -0.4 is 4.31 Å². The number of nitrogens with zero attached hydrogens (tertiary/aromatic N) is 1. The third-order valence-corrected chi connectivity index (χ3v) is 5.33. The van der Waals surface area contributed by atoms with Crippen LogP contribution >= 0.6 is 0 Å². The maximum atomic E-state index is 12.5. The average molecular weight is 247 g/mol. The van der Waals surface area contributed by atoms with Crippen LogP contribution in [0.15, 0.2) is 42.5 Å². The normalized spacial score (nSPS) is 32.2. The molecule has 1 aromatic carbocycles. The Morgan fingerprint density at radius 2 is 1.82 bits per heavy atom. The second-order valence-corrected chi connectivity index (χ2v) is 6.26. The van der Waals surface area contributed by atoms with Gasteiger partial charge >= 0.3 is 0 Å². The highest BCUT2D eigenvalue weighted by Crippen LogP contribution is 2.32. The predicted octanol–water partition coefficient (Wildman–Crippen LogP) is 3.04. The zero-order valence-corrected chi connectivity index (χ0v) is 10.6. The molecule has 0 saturated carbocycles. The predicted molar refractivity (Wildman–Crippen MR) is 72.2 cm³/mol. The van der Waals surface area contributed by atoms with Crippen LogP contribution in [-0.2, 0) is 11.0 Å². The number of hydrogen-bond acceptors (Lipinski definition) is 1. The van der Waals surface area contributed by atoms with Gasteiger partial charge in [-0.15, -0.1) is 0 Å². The number of para-hydroxylation sites is 1. The highest BCUT2D eigenvalue weighted by Gasteiger charge is 2.32.